The van der Waals surface area contributed by atoms with Gasteiger partial charge in [-0.25, -0.2) is 14.6 Å². The van der Waals surface area contributed by atoms with Gasteiger partial charge in [0.15, 0.2) is 5.65 Å². The third kappa shape index (κ3) is 3.17. The fourth-order valence-corrected chi connectivity index (χ4v) is 2.73. The Morgan fingerprint density at radius 1 is 1.24 bits per heavy atom. The first-order chi connectivity index (χ1) is 11.8. The fraction of sp³-hybridized carbons (Fsp3) is 0.333. The molecule has 0 spiro atoms. The minimum atomic E-state index is -0.479. The van der Waals surface area contributed by atoms with Gasteiger partial charge in [-0.15, -0.1) is 0 Å². The highest BCUT2D eigenvalue weighted by Crippen LogP contribution is 2.32. The first-order valence-corrected chi connectivity index (χ1v) is 8.11. The number of hydrogen-bond donors (Lipinski definition) is 2. The van der Waals surface area contributed by atoms with E-state index in [1.165, 1.54) is 18.8 Å². The molecule has 3 aromatic rings. The lowest BCUT2D eigenvalue weighted by molar-refractivity contribution is -0.119. The molecule has 0 bridgehead atoms. The molecule has 0 atom stereocenters. The summed E-state index contributed by atoms with van der Waals surface area (Å²) in [5.74, 6) is 0.305. The van der Waals surface area contributed by atoms with Crippen LogP contribution in [0.3, 0.4) is 0 Å². The van der Waals surface area contributed by atoms with Crippen molar-refractivity contribution in [1.82, 2.24) is 25.1 Å². The van der Waals surface area contributed by atoms with Crippen LogP contribution in [0.25, 0.3) is 22.3 Å². The van der Waals surface area contributed by atoms with Crippen molar-refractivity contribution in [2.24, 2.45) is 0 Å². The molecule has 2 heterocycles. The van der Waals surface area contributed by atoms with Crippen LogP contribution < -0.4 is 11.1 Å². The van der Waals surface area contributed by atoms with E-state index in [1.54, 1.807) is 0 Å². The molecule has 0 saturated carbocycles. The molecule has 3 rings (SSSR count). The average Bonchev–Trinajstić information content (AvgIpc) is 2.96. The van der Waals surface area contributed by atoms with Crippen molar-refractivity contribution in [3.8, 4) is 11.3 Å². The number of nitrogens with one attached hydrogen (secondary N) is 1. The Kier molecular flexibility index (Phi) is 4.16. The third-order valence-corrected chi connectivity index (χ3v) is 4.16. The van der Waals surface area contributed by atoms with Crippen LogP contribution in [0.15, 0.2) is 30.6 Å². The molecule has 0 aliphatic heterocycles. The molecule has 0 fully saturated rings. The normalized spacial score (nSPS) is 11.7. The van der Waals surface area contributed by atoms with E-state index in [1.807, 2.05) is 49.7 Å². The first-order valence-electron chi connectivity index (χ1n) is 8.11. The summed E-state index contributed by atoms with van der Waals surface area (Å²) in [7, 11) is 0. The molecule has 1 amide bonds. The van der Waals surface area contributed by atoms with E-state index >= 15 is 0 Å². The minimum absolute atomic E-state index is 0.0857. The summed E-state index contributed by atoms with van der Waals surface area (Å²) in [6.07, 6.45) is 1.43. The van der Waals surface area contributed by atoms with Gasteiger partial charge in [0, 0.05) is 19.0 Å². The number of hydrogen-bond acceptors (Lipinski definition) is 5. The lowest BCUT2D eigenvalue weighted by Gasteiger charge is -2.25. The highest BCUT2D eigenvalue weighted by atomic mass is 16.1. The second kappa shape index (κ2) is 6.16. The Labute approximate surface area is 146 Å². The molecule has 7 heteroatoms. The van der Waals surface area contributed by atoms with Gasteiger partial charge in [0.2, 0.25) is 5.91 Å². The maximum Gasteiger partial charge on any atom is 0.216 e. The fourth-order valence-electron chi connectivity index (χ4n) is 2.73. The monoisotopic (exact) mass is 338 g/mol. The van der Waals surface area contributed by atoms with E-state index in [9.17, 15) is 4.79 Å². The summed E-state index contributed by atoms with van der Waals surface area (Å²) < 4.78 is 1.81. The van der Waals surface area contributed by atoms with Crippen LogP contribution in [-0.2, 0) is 10.3 Å². The molecular formula is C18H22N6O. The van der Waals surface area contributed by atoms with Gasteiger partial charge in [0.05, 0.1) is 10.9 Å². The third-order valence-electron chi connectivity index (χ3n) is 4.16. The highest BCUT2D eigenvalue weighted by Gasteiger charge is 2.27. The largest absolute Gasteiger partial charge is 0.383 e. The van der Waals surface area contributed by atoms with Gasteiger partial charge >= 0.3 is 0 Å². The molecule has 1 aromatic carbocycles. The lowest BCUT2D eigenvalue weighted by atomic mass is 10.1. The maximum absolute atomic E-state index is 11.3. The molecule has 3 N–H and O–H groups in total. The number of aryl methyl sites for hydroxylation is 1. The smallest absolute Gasteiger partial charge is 0.216 e. The topological polar surface area (TPSA) is 98.7 Å². The Bertz CT molecular complexity index is 927. The van der Waals surface area contributed by atoms with E-state index in [4.69, 9.17) is 10.8 Å². The van der Waals surface area contributed by atoms with Crippen LogP contribution in [0.1, 0.15) is 26.3 Å². The van der Waals surface area contributed by atoms with Gasteiger partial charge in [-0.2, -0.15) is 5.10 Å². The summed E-state index contributed by atoms with van der Waals surface area (Å²) in [5.41, 5.74) is 9.16. The second-order valence-electron chi connectivity index (χ2n) is 6.81. The van der Waals surface area contributed by atoms with Gasteiger partial charge in [-0.3, -0.25) is 4.79 Å². The summed E-state index contributed by atoms with van der Waals surface area (Å²) in [5, 5.41) is 8.35. The number of benzene rings is 1. The molecule has 0 aliphatic rings. The second-order valence-corrected chi connectivity index (χ2v) is 6.81. The number of carbonyl (C=O) groups is 1. The zero-order chi connectivity index (χ0) is 18.2. The number of rotatable bonds is 4. The van der Waals surface area contributed by atoms with Crippen LogP contribution in [0.2, 0.25) is 0 Å². The summed E-state index contributed by atoms with van der Waals surface area (Å²) >= 11 is 0. The van der Waals surface area contributed by atoms with E-state index < -0.39 is 5.54 Å². The van der Waals surface area contributed by atoms with E-state index in [0.29, 0.717) is 18.0 Å². The Morgan fingerprint density at radius 2 is 1.92 bits per heavy atom. The molecule has 130 valence electrons. The van der Waals surface area contributed by atoms with Gasteiger partial charge in [-0.1, -0.05) is 29.8 Å². The Hall–Kier alpha value is -2.96. The highest BCUT2D eigenvalue weighted by molar-refractivity contribution is 5.98. The zero-order valence-electron chi connectivity index (χ0n) is 14.9. The van der Waals surface area contributed by atoms with Crippen molar-refractivity contribution in [1.29, 1.82) is 0 Å². The summed E-state index contributed by atoms with van der Waals surface area (Å²) in [6.45, 7) is 7.94. The van der Waals surface area contributed by atoms with Crippen LogP contribution in [0, 0.1) is 6.92 Å². The number of fused-ring (bicyclic) bond motifs is 1. The molecule has 0 saturated heterocycles. The van der Waals surface area contributed by atoms with Crippen molar-refractivity contribution in [2.75, 3.05) is 12.3 Å². The molecule has 7 nitrogen and oxygen atoms in total. The standard InChI is InChI=1S/C18H22N6O/c1-11-5-7-13(8-6-11)15-14-16(19)21-10-22-17(14)24(23-15)18(3,4)9-20-12(2)25/h5-8,10H,9H2,1-4H3,(H,20,25)(H2,19,21,22). The molecule has 0 radical (unpaired) electrons. The first kappa shape index (κ1) is 16.9. The molecular weight excluding hydrogens is 316 g/mol. The van der Waals surface area contributed by atoms with Crippen molar-refractivity contribution in [3.05, 3.63) is 36.2 Å². The van der Waals surface area contributed by atoms with Crippen LogP contribution >= 0.6 is 0 Å². The molecule has 0 unspecified atom stereocenters. The average molecular weight is 338 g/mol. The molecule has 2 aromatic heterocycles. The van der Waals surface area contributed by atoms with Gasteiger partial charge in [-0.05, 0) is 20.8 Å². The SMILES string of the molecule is CC(=O)NCC(C)(C)n1nc(-c2ccc(C)cc2)c2c(N)ncnc21. The number of carbonyl (C=O) groups excluding carboxylic acids is 1. The van der Waals surface area contributed by atoms with Crippen molar-refractivity contribution >= 4 is 22.8 Å². The van der Waals surface area contributed by atoms with E-state index in [0.717, 1.165) is 16.6 Å². The van der Waals surface area contributed by atoms with Gasteiger partial charge in [0.1, 0.15) is 17.8 Å². The number of aromatic nitrogens is 4. The number of amides is 1. The minimum Gasteiger partial charge on any atom is -0.383 e. The summed E-state index contributed by atoms with van der Waals surface area (Å²) in [4.78, 5) is 19.8. The Balaban J connectivity index is 2.19. The predicted molar refractivity (Wildman–Crippen MR) is 97.9 cm³/mol. The van der Waals surface area contributed by atoms with Crippen molar-refractivity contribution in [3.63, 3.8) is 0 Å². The van der Waals surface area contributed by atoms with Crippen LogP contribution in [0.4, 0.5) is 5.82 Å². The van der Waals surface area contributed by atoms with Gasteiger partial charge < -0.3 is 11.1 Å². The molecule has 0 aliphatic carbocycles. The van der Waals surface area contributed by atoms with Crippen LogP contribution in [0.5, 0.6) is 0 Å². The quantitative estimate of drug-likeness (QED) is 0.760. The van der Waals surface area contributed by atoms with Gasteiger partial charge in [0.25, 0.3) is 0 Å². The van der Waals surface area contributed by atoms with E-state index in [-0.39, 0.29) is 5.91 Å². The molecule has 25 heavy (non-hydrogen) atoms. The Morgan fingerprint density at radius 3 is 2.56 bits per heavy atom. The van der Waals surface area contributed by atoms with E-state index in [2.05, 4.69) is 15.3 Å². The number of nitrogen functional groups attached to an aromatic ring is 1. The number of anilines is 1. The van der Waals surface area contributed by atoms with Crippen molar-refractivity contribution < 1.29 is 4.79 Å². The zero-order valence-corrected chi connectivity index (χ0v) is 14.9. The van der Waals surface area contributed by atoms with Crippen LogP contribution in [-0.4, -0.2) is 32.2 Å². The number of nitrogens with two attached hydrogens (primary N) is 1. The van der Waals surface area contributed by atoms with Crippen molar-refractivity contribution in [2.45, 2.75) is 33.2 Å². The predicted octanol–water partition coefficient (Wildman–Crippen LogP) is 2.26. The maximum atomic E-state index is 11.3. The number of nitrogens with zero attached hydrogens (tertiary/aromatic N) is 4. The lowest BCUT2D eigenvalue weighted by Crippen LogP contribution is -2.40. The summed E-state index contributed by atoms with van der Waals surface area (Å²) in [6, 6.07) is 8.08.